The number of non-ortho nitro benzene ring substituents is 1. The van der Waals surface area contributed by atoms with E-state index in [1.807, 2.05) is 0 Å². The van der Waals surface area contributed by atoms with Crippen molar-refractivity contribution < 1.29 is 14.3 Å². The molecule has 0 aliphatic rings. The lowest BCUT2D eigenvalue weighted by Crippen LogP contribution is -2.17. The molecule has 0 atom stereocenters. The normalized spacial score (nSPS) is 11.0. The summed E-state index contributed by atoms with van der Waals surface area (Å²) in [5, 5.41) is 21.9. The number of fused-ring (bicyclic) bond motifs is 1. The SMILES string of the molecule is O=C(N/N=C/c1ccc2nonc2c1)c1cccc([N+](=O)[O-])c1. The van der Waals surface area contributed by atoms with Crippen molar-refractivity contribution in [1.29, 1.82) is 0 Å². The molecule has 0 fully saturated rings. The molecule has 2 aromatic carbocycles. The van der Waals surface area contributed by atoms with Crippen LogP contribution < -0.4 is 5.43 Å². The molecule has 23 heavy (non-hydrogen) atoms. The summed E-state index contributed by atoms with van der Waals surface area (Å²) < 4.78 is 4.58. The van der Waals surface area contributed by atoms with Crippen molar-refractivity contribution in [3.05, 3.63) is 63.7 Å². The van der Waals surface area contributed by atoms with Crippen molar-refractivity contribution >= 4 is 28.8 Å². The molecular formula is C14H9N5O4. The molecule has 9 heteroatoms. The Morgan fingerprint density at radius 1 is 1.22 bits per heavy atom. The minimum atomic E-state index is -0.568. The molecule has 3 rings (SSSR count). The summed E-state index contributed by atoms with van der Waals surface area (Å²) in [5.74, 6) is -0.547. The monoisotopic (exact) mass is 311 g/mol. The van der Waals surface area contributed by atoms with Crippen LogP contribution in [-0.4, -0.2) is 27.4 Å². The van der Waals surface area contributed by atoms with Gasteiger partial charge in [0.15, 0.2) is 0 Å². The minimum absolute atomic E-state index is 0.146. The van der Waals surface area contributed by atoms with Gasteiger partial charge >= 0.3 is 0 Å². The fourth-order valence-corrected chi connectivity index (χ4v) is 1.87. The van der Waals surface area contributed by atoms with E-state index < -0.39 is 10.8 Å². The van der Waals surface area contributed by atoms with Gasteiger partial charge in [0.1, 0.15) is 11.0 Å². The summed E-state index contributed by atoms with van der Waals surface area (Å²) in [6, 6.07) is 10.5. The Hall–Kier alpha value is -3.62. The first kappa shape index (κ1) is 14.3. The first-order chi connectivity index (χ1) is 11.1. The largest absolute Gasteiger partial charge is 0.271 e. The predicted molar refractivity (Wildman–Crippen MR) is 80.0 cm³/mol. The van der Waals surface area contributed by atoms with Gasteiger partial charge in [0.25, 0.3) is 11.6 Å². The number of rotatable bonds is 4. The third-order valence-corrected chi connectivity index (χ3v) is 2.98. The Morgan fingerprint density at radius 2 is 2.04 bits per heavy atom. The highest BCUT2D eigenvalue weighted by Gasteiger charge is 2.10. The van der Waals surface area contributed by atoms with Crippen LogP contribution in [-0.2, 0) is 0 Å². The molecule has 1 aromatic heterocycles. The summed E-state index contributed by atoms with van der Waals surface area (Å²) in [4.78, 5) is 22.0. The van der Waals surface area contributed by atoms with Crippen molar-refractivity contribution in [3.63, 3.8) is 0 Å². The van der Waals surface area contributed by atoms with E-state index in [4.69, 9.17) is 0 Å². The molecule has 0 radical (unpaired) electrons. The highest BCUT2D eigenvalue weighted by molar-refractivity contribution is 5.95. The average Bonchev–Trinajstić information content (AvgIpc) is 3.02. The van der Waals surface area contributed by atoms with E-state index in [1.165, 1.54) is 30.5 Å². The van der Waals surface area contributed by atoms with E-state index in [-0.39, 0.29) is 11.3 Å². The number of hydrogen-bond donors (Lipinski definition) is 1. The third kappa shape index (κ3) is 3.18. The first-order valence-corrected chi connectivity index (χ1v) is 6.44. The van der Waals surface area contributed by atoms with E-state index in [2.05, 4.69) is 25.5 Å². The van der Waals surface area contributed by atoms with E-state index in [1.54, 1.807) is 18.2 Å². The van der Waals surface area contributed by atoms with E-state index in [0.717, 1.165) is 0 Å². The number of hydrogen-bond acceptors (Lipinski definition) is 7. The lowest BCUT2D eigenvalue weighted by molar-refractivity contribution is -0.384. The number of hydrazone groups is 1. The quantitative estimate of drug-likeness (QED) is 0.446. The molecule has 0 saturated heterocycles. The molecule has 3 aromatic rings. The summed E-state index contributed by atoms with van der Waals surface area (Å²) in [6.07, 6.45) is 1.42. The van der Waals surface area contributed by atoms with Crippen LogP contribution in [0.3, 0.4) is 0 Å². The van der Waals surface area contributed by atoms with Gasteiger partial charge in [-0.05, 0) is 34.1 Å². The lowest BCUT2D eigenvalue weighted by atomic mass is 10.2. The summed E-state index contributed by atoms with van der Waals surface area (Å²) >= 11 is 0. The van der Waals surface area contributed by atoms with Gasteiger partial charge in [-0.3, -0.25) is 14.9 Å². The Balaban J connectivity index is 1.70. The summed E-state index contributed by atoms with van der Waals surface area (Å²) in [5.41, 5.74) is 4.16. The predicted octanol–water partition coefficient (Wildman–Crippen LogP) is 1.89. The van der Waals surface area contributed by atoms with Gasteiger partial charge in [-0.2, -0.15) is 5.10 Å². The zero-order chi connectivity index (χ0) is 16.2. The number of nitro benzene ring substituents is 1. The van der Waals surface area contributed by atoms with Crippen LogP contribution in [0.15, 0.2) is 52.2 Å². The Labute approximate surface area is 128 Å². The van der Waals surface area contributed by atoms with E-state index in [0.29, 0.717) is 16.6 Å². The van der Waals surface area contributed by atoms with Crippen molar-refractivity contribution in [2.75, 3.05) is 0 Å². The molecule has 0 unspecified atom stereocenters. The lowest BCUT2D eigenvalue weighted by Gasteiger charge is -1.99. The summed E-state index contributed by atoms with van der Waals surface area (Å²) in [6.45, 7) is 0. The van der Waals surface area contributed by atoms with Crippen molar-refractivity contribution in [1.82, 2.24) is 15.7 Å². The van der Waals surface area contributed by atoms with Gasteiger partial charge in [0.05, 0.1) is 11.1 Å². The average molecular weight is 311 g/mol. The number of carbonyl (C=O) groups is 1. The highest BCUT2D eigenvalue weighted by Crippen LogP contribution is 2.13. The Kier molecular flexibility index (Phi) is 3.75. The molecule has 0 saturated carbocycles. The molecule has 1 heterocycles. The smallest absolute Gasteiger partial charge is 0.267 e. The number of aromatic nitrogens is 2. The van der Waals surface area contributed by atoms with Crippen molar-refractivity contribution in [2.24, 2.45) is 5.10 Å². The molecule has 0 spiro atoms. The number of amides is 1. The second kappa shape index (κ2) is 6.02. The van der Waals surface area contributed by atoms with Crippen LogP contribution in [0.4, 0.5) is 5.69 Å². The van der Waals surface area contributed by atoms with Gasteiger partial charge in [-0.25, -0.2) is 10.1 Å². The number of benzene rings is 2. The number of carbonyl (C=O) groups excluding carboxylic acids is 1. The minimum Gasteiger partial charge on any atom is -0.267 e. The van der Waals surface area contributed by atoms with E-state index >= 15 is 0 Å². The molecule has 1 N–H and O–H groups in total. The fraction of sp³-hybridized carbons (Fsp3) is 0. The zero-order valence-electron chi connectivity index (χ0n) is 11.5. The van der Waals surface area contributed by atoms with Crippen molar-refractivity contribution in [2.45, 2.75) is 0 Å². The van der Waals surface area contributed by atoms with Crippen LogP contribution in [0.5, 0.6) is 0 Å². The number of nitrogens with one attached hydrogen (secondary N) is 1. The summed E-state index contributed by atoms with van der Waals surface area (Å²) in [7, 11) is 0. The van der Waals surface area contributed by atoms with Gasteiger partial charge in [-0.15, -0.1) is 0 Å². The maximum absolute atomic E-state index is 11.9. The third-order valence-electron chi connectivity index (χ3n) is 2.98. The second-order valence-electron chi connectivity index (χ2n) is 4.52. The zero-order valence-corrected chi connectivity index (χ0v) is 11.5. The van der Waals surface area contributed by atoms with Crippen LogP contribution in [0.1, 0.15) is 15.9 Å². The van der Waals surface area contributed by atoms with Crippen LogP contribution in [0, 0.1) is 10.1 Å². The van der Waals surface area contributed by atoms with Crippen LogP contribution >= 0.6 is 0 Å². The molecule has 0 aliphatic carbocycles. The number of nitrogens with zero attached hydrogens (tertiary/aromatic N) is 4. The highest BCUT2D eigenvalue weighted by atomic mass is 16.6. The topological polar surface area (TPSA) is 124 Å². The van der Waals surface area contributed by atoms with E-state index in [9.17, 15) is 14.9 Å². The standard InChI is InChI=1S/C14H9N5O4/c20-14(10-2-1-3-11(7-10)19(21)22)16-15-8-9-4-5-12-13(6-9)18-23-17-12/h1-8H,(H,16,20)/b15-8+. The molecule has 9 nitrogen and oxygen atoms in total. The second-order valence-corrected chi connectivity index (χ2v) is 4.52. The molecular weight excluding hydrogens is 302 g/mol. The fourth-order valence-electron chi connectivity index (χ4n) is 1.87. The molecule has 1 amide bonds. The van der Waals surface area contributed by atoms with Gasteiger partial charge < -0.3 is 0 Å². The van der Waals surface area contributed by atoms with Crippen molar-refractivity contribution in [3.8, 4) is 0 Å². The maximum atomic E-state index is 11.9. The molecule has 0 bridgehead atoms. The Morgan fingerprint density at radius 3 is 2.87 bits per heavy atom. The van der Waals surface area contributed by atoms with Gasteiger partial charge in [-0.1, -0.05) is 12.1 Å². The van der Waals surface area contributed by atoms with Gasteiger partial charge in [0, 0.05) is 17.7 Å². The first-order valence-electron chi connectivity index (χ1n) is 6.44. The Bertz CT molecular complexity index is 918. The number of nitro groups is 1. The van der Waals surface area contributed by atoms with Crippen LogP contribution in [0.25, 0.3) is 11.0 Å². The van der Waals surface area contributed by atoms with Gasteiger partial charge in [0.2, 0.25) is 0 Å². The van der Waals surface area contributed by atoms with Crippen LogP contribution in [0.2, 0.25) is 0 Å². The molecule has 114 valence electrons. The maximum Gasteiger partial charge on any atom is 0.271 e. The molecule has 0 aliphatic heterocycles.